The Morgan fingerprint density at radius 3 is 2.62 bits per heavy atom. The molecule has 0 aliphatic heterocycles. The van der Waals surface area contributed by atoms with Crippen LogP contribution in [0.3, 0.4) is 0 Å². The SMILES string of the molecule is CCCc1ccc([C](C)CF)cc1OCC. The lowest BCUT2D eigenvalue weighted by molar-refractivity contribution is 0.336. The first-order chi connectivity index (χ1) is 7.72. The van der Waals surface area contributed by atoms with E-state index in [-0.39, 0.29) is 0 Å². The second-order valence-corrected chi connectivity index (χ2v) is 3.92. The number of alkyl halides is 1. The fourth-order valence-corrected chi connectivity index (χ4v) is 1.66. The van der Waals surface area contributed by atoms with Gasteiger partial charge in [0.15, 0.2) is 0 Å². The quantitative estimate of drug-likeness (QED) is 0.709. The molecular formula is C14H20FO. The van der Waals surface area contributed by atoms with Gasteiger partial charge in [-0.1, -0.05) is 32.4 Å². The molecule has 0 amide bonds. The molecule has 0 aromatic heterocycles. The Labute approximate surface area is 97.6 Å². The molecule has 0 aliphatic rings. The molecule has 16 heavy (non-hydrogen) atoms. The Morgan fingerprint density at radius 2 is 2.06 bits per heavy atom. The molecule has 0 unspecified atom stereocenters. The van der Waals surface area contributed by atoms with Gasteiger partial charge in [0.1, 0.15) is 5.75 Å². The van der Waals surface area contributed by atoms with Crippen LogP contribution in [0.15, 0.2) is 18.2 Å². The lowest BCUT2D eigenvalue weighted by Gasteiger charge is -2.13. The highest BCUT2D eigenvalue weighted by atomic mass is 19.1. The molecule has 0 aliphatic carbocycles. The summed E-state index contributed by atoms with van der Waals surface area (Å²) in [7, 11) is 0. The summed E-state index contributed by atoms with van der Waals surface area (Å²) in [5.41, 5.74) is 2.14. The summed E-state index contributed by atoms with van der Waals surface area (Å²) in [4.78, 5) is 0. The minimum absolute atomic E-state index is 0.404. The summed E-state index contributed by atoms with van der Waals surface area (Å²) in [5.74, 6) is 1.65. The van der Waals surface area contributed by atoms with Gasteiger partial charge in [0.25, 0.3) is 0 Å². The van der Waals surface area contributed by atoms with Gasteiger partial charge in [-0.2, -0.15) is 0 Å². The van der Waals surface area contributed by atoms with Gasteiger partial charge >= 0.3 is 0 Å². The summed E-state index contributed by atoms with van der Waals surface area (Å²) in [6.07, 6.45) is 2.09. The van der Waals surface area contributed by atoms with Gasteiger partial charge in [0.2, 0.25) is 0 Å². The van der Waals surface area contributed by atoms with Gasteiger partial charge in [-0.3, -0.25) is 4.39 Å². The van der Waals surface area contributed by atoms with Crippen molar-refractivity contribution in [2.75, 3.05) is 13.3 Å². The standard InChI is InChI=1S/C14H20FO/c1-4-6-12-7-8-13(11(3)10-15)9-14(12)16-5-2/h7-9H,4-6,10H2,1-3H3. The lowest BCUT2D eigenvalue weighted by atomic mass is 9.99. The van der Waals surface area contributed by atoms with E-state index in [2.05, 4.69) is 6.92 Å². The van der Waals surface area contributed by atoms with Gasteiger partial charge in [-0.15, -0.1) is 0 Å². The molecule has 89 valence electrons. The van der Waals surface area contributed by atoms with Crippen LogP contribution in [0.1, 0.15) is 38.3 Å². The number of rotatable bonds is 6. The monoisotopic (exact) mass is 223 g/mol. The smallest absolute Gasteiger partial charge is 0.122 e. The first-order valence-corrected chi connectivity index (χ1v) is 5.87. The minimum Gasteiger partial charge on any atom is -0.494 e. The molecule has 0 heterocycles. The van der Waals surface area contributed by atoms with E-state index < -0.39 is 6.67 Å². The number of benzene rings is 1. The van der Waals surface area contributed by atoms with Gasteiger partial charge in [-0.05, 0) is 30.5 Å². The largest absolute Gasteiger partial charge is 0.494 e. The zero-order valence-electron chi connectivity index (χ0n) is 10.3. The van der Waals surface area contributed by atoms with Crippen LogP contribution < -0.4 is 4.74 Å². The number of ether oxygens (including phenoxy) is 1. The van der Waals surface area contributed by atoms with E-state index in [9.17, 15) is 4.39 Å². The molecule has 0 atom stereocenters. The van der Waals surface area contributed by atoms with E-state index in [1.54, 1.807) is 0 Å². The molecule has 1 aromatic carbocycles. The van der Waals surface area contributed by atoms with Crippen LogP contribution in [0.4, 0.5) is 4.39 Å². The molecule has 2 heteroatoms. The third-order valence-corrected chi connectivity index (χ3v) is 2.58. The molecular weight excluding hydrogens is 203 g/mol. The van der Waals surface area contributed by atoms with Crippen LogP contribution in [0.5, 0.6) is 5.75 Å². The fourth-order valence-electron chi connectivity index (χ4n) is 1.66. The fraction of sp³-hybridized carbons (Fsp3) is 0.500. The normalized spacial score (nSPS) is 10.8. The van der Waals surface area contributed by atoms with Crippen molar-refractivity contribution in [2.45, 2.75) is 33.6 Å². The number of hydrogen-bond donors (Lipinski definition) is 0. The van der Waals surface area contributed by atoms with Crippen molar-refractivity contribution >= 4 is 0 Å². The van der Waals surface area contributed by atoms with Crippen molar-refractivity contribution in [3.8, 4) is 5.75 Å². The molecule has 0 spiro atoms. The van der Waals surface area contributed by atoms with E-state index in [0.717, 1.165) is 30.1 Å². The Bertz CT molecular complexity index is 323. The van der Waals surface area contributed by atoms with E-state index in [1.807, 2.05) is 32.0 Å². The van der Waals surface area contributed by atoms with Crippen LogP contribution in [0.25, 0.3) is 0 Å². The highest BCUT2D eigenvalue weighted by Crippen LogP contribution is 2.26. The van der Waals surface area contributed by atoms with Crippen molar-refractivity contribution in [1.82, 2.24) is 0 Å². The van der Waals surface area contributed by atoms with Crippen molar-refractivity contribution < 1.29 is 9.13 Å². The van der Waals surface area contributed by atoms with Gasteiger partial charge < -0.3 is 4.74 Å². The van der Waals surface area contributed by atoms with Crippen LogP contribution in [-0.2, 0) is 6.42 Å². The Morgan fingerprint density at radius 1 is 1.31 bits per heavy atom. The highest BCUT2D eigenvalue weighted by molar-refractivity contribution is 5.42. The van der Waals surface area contributed by atoms with Crippen molar-refractivity contribution in [1.29, 1.82) is 0 Å². The van der Waals surface area contributed by atoms with Crippen molar-refractivity contribution in [2.24, 2.45) is 0 Å². The molecule has 0 fully saturated rings. The Balaban J connectivity index is 2.96. The number of hydrogen-bond acceptors (Lipinski definition) is 1. The summed E-state index contributed by atoms with van der Waals surface area (Å²) in [6.45, 7) is 6.16. The zero-order chi connectivity index (χ0) is 12.0. The summed E-state index contributed by atoms with van der Waals surface area (Å²) in [6, 6.07) is 5.97. The summed E-state index contributed by atoms with van der Waals surface area (Å²) < 4.78 is 18.1. The van der Waals surface area contributed by atoms with E-state index in [1.165, 1.54) is 5.56 Å². The predicted octanol–water partition coefficient (Wildman–Crippen LogP) is 3.95. The zero-order valence-corrected chi connectivity index (χ0v) is 10.3. The molecule has 0 bridgehead atoms. The maximum atomic E-state index is 12.6. The predicted molar refractivity (Wildman–Crippen MR) is 65.6 cm³/mol. The maximum absolute atomic E-state index is 12.6. The Kier molecular flexibility index (Phi) is 5.30. The van der Waals surface area contributed by atoms with Gasteiger partial charge in [0, 0.05) is 5.92 Å². The van der Waals surface area contributed by atoms with Crippen molar-refractivity contribution in [3.63, 3.8) is 0 Å². The lowest BCUT2D eigenvalue weighted by Crippen LogP contribution is -2.01. The average Bonchev–Trinajstić information content (AvgIpc) is 2.31. The van der Waals surface area contributed by atoms with Crippen LogP contribution >= 0.6 is 0 Å². The minimum atomic E-state index is -0.404. The summed E-state index contributed by atoms with van der Waals surface area (Å²) in [5, 5.41) is 0. The van der Waals surface area contributed by atoms with Crippen molar-refractivity contribution in [3.05, 3.63) is 35.2 Å². The molecule has 1 aromatic rings. The molecule has 1 radical (unpaired) electrons. The molecule has 0 N–H and O–H groups in total. The van der Waals surface area contributed by atoms with Gasteiger partial charge in [0.05, 0.1) is 13.3 Å². The first kappa shape index (κ1) is 13.0. The summed E-state index contributed by atoms with van der Waals surface area (Å²) >= 11 is 0. The molecule has 0 saturated carbocycles. The second-order valence-electron chi connectivity index (χ2n) is 3.92. The van der Waals surface area contributed by atoms with Crippen LogP contribution in [-0.4, -0.2) is 13.3 Å². The number of halogens is 1. The van der Waals surface area contributed by atoms with E-state index in [0.29, 0.717) is 6.61 Å². The van der Waals surface area contributed by atoms with E-state index in [4.69, 9.17) is 4.74 Å². The second kappa shape index (κ2) is 6.51. The Hall–Kier alpha value is -1.05. The topological polar surface area (TPSA) is 9.23 Å². The van der Waals surface area contributed by atoms with E-state index >= 15 is 0 Å². The van der Waals surface area contributed by atoms with Crippen LogP contribution in [0, 0.1) is 5.92 Å². The van der Waals surface area contributed by atoms with Crippen LogP contribution in [0.2, 0.25) is 0 Å². The molecule has 0 saturated heterocycles. The highest BCUT2D eigenvalue weighted by Gasteiger charge is 2.09. The molecule has 1 rings (SSSR count). The third kappa shape index (κ3) is 3.22. The van der Waals surface area contributed by atoms with Gasteiger partial charge in [-0.25, -0.2) is 0 Å². The first-order valence-electron chi connectivity index (χ1n) is 5.87. The number of aryl methyl sites for hydroxylation is 1. The maximum Gasteiger partial charge on any atom is 0.122 e. The third-order valence-electron chi connectivity index (χ3n) is 2.58. The molecule has 1 nitrogen and oxygen atoms in total. The average molecular weight is 223 g/mol.